The van der Waals surface area contributed by atoms with Crippen molar-refractivity contribution in [2.24, 2.45) is 0 Å². The molecule has 1 fully saturated rings. The molecule has 0 aromatic heterocycles. The van der Waals surface area contributed by atoms with E-state index in [1.165, 1.54) is 16.7 Å². The average Bonchev–Trinajstić information content (AvgIpc) is 2.58. The SMILES string of the molecule is CC(C)=CCCC(C)=CCCC(C)=CCCOC1OC[C@@H](O)[C@H](O)[C@H]1O. The van der Waals surface area contributed by atoms with Gasteiger partial charge < -0.3 is 24.8 Å². The van der Waals surface area contributed by atoms with E-state index in [0.717, 1.165) is 32.1 Å². The van der Waals surface area contributed by atoms with Gasteiger partial charge in [-0.3, -0.25) is 0 Å². The number of allylic oxidation sites excluding steroid dienone is 5. The Hall–Kier alpha value is -0.980. The van der Waals surface area contributed by atoms with Gasteiger partial charge in [-0.25, -0.2) is 0 Å². The smallest absolute Gasteiger partial charge is 0.186 e. The first-order valence-electron chi connectivity index (χ1n) is 9.53. The first-order chi connectivity index (χ1) is 12.3. The maximum absolute atomic E-state index is 9.79. The molecule has 4 atom stereocenters. The van der Waals surface area contributed by atoms with E-state index in [9.17, 15) is 15.3 Å². The van der Waals surface area contributed by atoms with Gasteiger partial charge >= 0.3 is 0 Å². The Morgan fingerprint density at radius 3 is 2.08 bits per heavy atom. The van der Waals surface area contributed by atoms with Crippen LogP contribution in [0.5, 0.6) is 0 Å². The van der Waals surface area contributed by atoms with Gasteiger partial charge in [-0.2, -0.15) is 0 Å². The van der Waals surface area contributed by atoms with Crippen molar-refractivity contribution in [3.05, 3.63) is 34.9 Å². The topological polar surface area (TPSA) is 79.2 Å². The molecule has 3 N–H and O–H groups in total. The van der Waals surface area contributed by atoms with Crippen molar-refractivity contribution in [1.82, 2.24) is 0 Å². The lowest BCUT2D eigenvalue weighted by atomic mass is 10.1. The molecule has 0 aromatic carbocycles. The summed E-state index contributed by atoms with van der Waals surface area (Å²) in [7, 11) is 0. The largest absolute Gasteiger partial charge is 0.388 e. The molecule has 0 saturated carbocycles. The van der Waals surface area contributed by atoms with E-state index in [4.69, 9.17) is 9.47 Å². The Bertz CT molecular complexity index is 491. The van der Waals surface area contributed by atoms with Crippen LogP contribution in [0.3, 0.4) is 0 Å². The van der Waals surface area contributed by atoms with E-state index in [2.05, 4.69) is 45.9 Å². The molecule has 0 aromatic rings. The van der Waals surface area contributed by atoms with Gasteiger partial charge in [0.1, 0.15) is 18.3 Å². The summed E-state index contributed by atoms with van der Waals surface area (Å²) in [5.74, 6) is 0. The lowest BCUT2D eigenvalue weighted by molar-refractivity contribution is -0.269. The minimum atomic E-state index is -1.22. The molecule has 0 aliphatic carbocycles. The minimum Gasteiger partial charge on any atom is -0.388 e. The number of aliphatic hydroxyl groups excluding tert-OH is 3. The number of aliphatic hydroxyl groups is 3. The third-order valence-corrected chi connectivity index (χ3v) is 4.47. The molecule has 1 unspecified atom stereocenters. The van der Waals surface area contributed by atoms with E-state index in [1.54, 1.807) is 0 Å². The molecule has 26 heavy (non-hydrogen) atoms. The fraction of sp³-hybridized carbons (Fsp3) is 0.714. The van der Waals surface area contributed by atoms with Gasteiger partial charge in [0, 0.05) is 0 Å². The van der Waals surface area contributed by atoms with Crippen molar-refractivity contribution in [3.63, 3.8) is 0 Å². The van der Waals surface area contributed by atoms with Crippen LogP contribution in [0.4, 0.5) is 0 Å². The fourth-order valence-corrected chi connectivity index (χ4v) is 2.75. The third-order valence-electron chi connectivity index (χ3n) is 4.47. The zero-order valence-corrected chi connectivity index (χ0v) is 16.6. The minimum absolute atomic E-state index is 0.0307. The molecule has 1 aliphatic heterocycles. The van der Waals surface area contributed by atoms with E-state index >= 15 is 0 Å². The van der Waals surface area contributed by atoms with Gasteiger partial charge in [-0.05, 0) is 59.8 Å². The molecular weight excluding hydrogens is 332 g/mol. The highest BCUT2D eigenvalue weighted by Crippen LogP contribution is 2.17. The first kappa shape index (κ1) is 23.1. The van der Waals surface area contributed by atoms with E-state index in [0.29, 0.717) is 6.61 Å². The van der Waals surface area contributed by atoms with Crippen LogP contribution in [0, 0.1) is 0 Å². The van der Waals surface area contributed by atoms with Crippen LogP contribution >= 0.6 is 0 Å². The highest BCUT2D eigenvalue weighted by molar-refractivity contribution is 5.05. The van der Waals surface area contributed by atoms with Crippen LogP contribution in [0.15, 0.2) is 34.9 Å². The molecule has 5 heteroatoms. The summed E-state index contributed by atoms with van der Waals surface area (Å²) < 4.78 is 10.7. The Balaban J connectivity index is 2.20. The Morgan fingerprint density at radius 1 is 0.885 bits per heavy atom. The van der Waals surface area contributed by atoms with Crippen LogP contribution in [0.25, 0.3) is 0 Å². The standard InChI is InChI=1S/C21H36O5/c1-15(2)8-5-9-16(3)10-6-11-17(4)12-7-13-25-21-20(24)19(23)18(22)14-26-21/h8,10,12,18-24H,5-7,9,11,13-14H2,1-4H3/t18-,19+,20-,21?/m1/s1. The normalized spacial score (nSPS) is 27.5. The zero-order chi connectivity index (χ0) is 19.5. The van der Waals surface area contributed by atoms with Crippen molar-refractivity contribution < 1.29 is 24.8 Å². The molecule has 150 valence electrons. The fourth-order valence-electron chi connectivity index (χ4n) is 2.75. The molecule has 0 radical (unpaired) electrons. The number of ether oxygens (including phenoxy) is 2. The summed E-state index contributed by atoms with van der Waals surface area (Å²) in [6, 6.07) is 0. The summed E-state index contributed by atoms with van der Waals surface area (Å²) in [5, 5.41) is 28.8. The summed E-state index contributed by atoms with van der Waals surface area (Å²) in [6.45, 7) is 8.93. The molecule has 5 nitrogen and oxygen atoms in total. The van der Waals surface area contributed by atoms with Gasteiger partial charge in [0.25, 0.3) is 0 Å². The molecule has 1 rings (SSSR count). The quantitative estimate of drug-likeness (QED) is 0.407. The van der Waals surface area contributed by atoms with Crippen LogP contribution in [0.1, 0.15) is 59.8 Å². The average molecular weight is 369 g/mol. The van der Waals surface area contributed by atoms with E-state index in [1.807, 2.05) is 0 Å². The Morgan fingerprint density at radius 2 is 1.46 bits per heavy atom. The predicted octanol–water partition coefficient (Wildman–Crippen LogP) is 3.25. The molecule has 0 spiro atoms. The van der Waals surface area contributed by atoms with E-state index in [-0.39, 0.29) is 6.61 Å². The highest BCUT2D eigenvalue weighted by atomic mass is 16.7. The van der Waals surface area contributed by atoms with Crippen LogP contribution in [-0.2, 0) is 9.47 Å². The van der Waals surface area contributed by atoms with Crippen LogP contribution < -0.4 is 0 Å². The van der Waals surface area contributed by atoms with Gasteiger partial charge in [0.15, 0.2) is 6.29 Å². The Kier molecular flexibility index (Phi) is 11.0. The lowest BCUT2D eigenvalue weighted by Gasteiger charge is -2.34. The zero-order valence-electron chi connectivity index (χ0n) is 16.6. The molecule has 1 aliphatic rings. The van der Waals surface area contributed by atoms with Crippen molar-refractivity contribution in [2.75, 3.05) is 13.2 Å². The monoisotopic (exact) mass is 368 g/mol. The molecule has 1 saturated heterocycles. The number of hydrogen-bond donors (Lipinski definition) is 3. The van der Waals surface area contributed by atoms with Crippen LogP contribution in [0.2, 0.25) is 0 Å². The van der Waals surface area contributed by atoms with Crippen LogP contribution in [-0.4, -0.2) is 53.1 Å². The number of rotatable bonds is 10. The first-order valence-corrected chi connectivity index (χ1v) is 9.53. The van der Waals surface area contributed by atoms with Gasteiger partial charge in [0.2, 0.25) is 0 Å². The summed E-state index contributed by atoms with van der Waals surface area (Å²) in [6.07, 6.45) is 7.34. The second-order valence-corrected chi connectivity index (χ2v) is 7.37. The predicted molar refractivity (Wildman–Crippen MR) is 104 cm³/mol. The van der Waals surface area contributed by atoms with Gasteiger partial charge in [-0.15, -0.1) is 0 Å². The van der Waals surface area contributed by atoms with Crippen molar-refractivity contribution in [3.8, 4) is 0 Å². The van der Waals surface area contributed by atoms with Gasteiger partial charge in [-0.1, -0.05) is 34.9 Å². The van der Waals surface area contributed by atoms with Crippen molar-refractivity contribution >= 4 is 0 Å². The molecular formula is C21H36O5. The summed E-state index contributed by atoms with van der Waals surface area (Å²) >= 11 is 0. The molecule has 0 bridgehead atoms. The highest BCUT2D eigenvalue weighted by Gasteiger charge is 2.37. The lowest BCUT2D eigenvalue weighted by Crippen LogP contribution is -2.53. The maximum Gasteiger partial charge on any atom is 0.186 e. The second-order valence-electron chi connectivity index (χ2n) is 7.37. The summed E-state index contributed by atoms with van der Waals surface area (Å²) in [4.78, 5) is 0. The summed E-state index contributed by atoms with van der Waals surface area (Å²) in [5.41, 5.74) is 4.11. The Labute approximate surface area is 158 Å². The number of hydrogen-bond acceptors (Lipinski definition) is 5. The second kappa shape index (κ2) is 12.4. The maximum atomic E-state index is 9.79. The molecule has 0 amide bonds. The van der Waals surface area contributed by atoms with Crippen molar-refractivity contribution in [1.29, 1.82) is 0 Å². The van der Waals surface area contributed by atoms with E-state index < -0.39 is 24.6 Å². The van der Waals surface area contributed by atoms with Crippen molar-refractivity contribution in [2.45, 2.75) is 84.4 Å². The third kappa shape index (κ3) is 9.10. The van der Waals surface area contributed by atoms with Gasteiger partial charge in [0.05, 0.1) is 13.2 Å². The molecule has 1 heterocycles.